The molecule has 2 aliphatic rings. The molecule has 5 rings (SSSR count). The number of fused-ring (bicyclic) bond motifs is 3. The van der Waals surface area contributed by atoms with E-state index in [2.05, 4.69) is 33.4 Å². The van der Waals surface area contributed by atoms with E-state index in [0.717, 1.165) is 79.9 Å². The molecule has 0 radical (unpaired) electrons. The number of aromatic nitrogens is 4. The van der Waals surface area contributed by atoms with Gasteiger partial charge in [-0.3, -0.25) is 10.00 Å². The summed E-state index contributed by atoms with van der Waals surface area (Å²) in [4.78, 5) is 15.1. The molecular formula is C23H30N8S. The van der Waals surface area contributed by atoms with Gasteiger partial charge in [0, 0.05) is 11.4 Å². The molecule has 0 unspecified atom stereocenters. The fourth-order valence-corrected chi connectivity index (χ4v) is 6.11. The minimum absolute atomic E-state index is 0.276. The van der Waals surface area contributed by atoms with Crippen molar-refractivity contribution in [2.24, 2.45) is 5.92 Å². The van der Waals surface area contributed by atoms with E-state index >= 15 is 0 Å². The third-order valence-corrected chi connectivity index (χ3v) is 7.91. The van der Waals surface area contributed by atoms with Crippen molar-refractivity contribution < 1.29 is 0 Å². The molecule has 1 fully saturated rings. The molecule has 0 saturated carbocycles. The molecule has 0 aromatic carbocycles. The zero-order chi connectivity index (χ0) is 22.1. The Bertz CT molecular complexity index is 1150. The number of nitrogens with zero attached hydrogens (tertiary/aromatic N) is 5. The highest BCUT2D eigenvalue weighted by Crippen LogP contribution is 2.39. The number of nitrogens with two attached hydrogens (primary N) is 1. The van der Waals surface area contributed by atoms with Gasteiger partial charge >= 0.3 is 0 Å². The van der Waals surface area contributed by atoms with Crippen LogP contribution in [0.15, 0.2) is 0 Å². The van der Waals surface area contributed by atoms with Crippen molar-refractivity contribution in [3.8, 4) is 6.07 Å². The van der Waals surface area contributed by atoms with Gasteiger partial charge in [0.05, 0.1) is 17.6 Å². The molecule has 3 aromatic rings. The van der Waals surface area contributed by atoms with E-state index in [1.807, 2.05) is 11.3 Å². The number of likely N-dealkylation sites (tertiary alicyclic amines) is 1. The first-order valence-electron chi connectivity index (χ1n) is 11.6. The highest BCUT2D eigenvalue weighted by Gasteiger charge is 2.23. The molecule has 9 heteroatoms. The van der Waals surface area contributed by atoms with Gasteiger partial charge < -0.3 is 11.1 Å². The van der Waals surface area contributed by atoms with E-state index in [1.165, 1.54) is 35.1 Å². The summed E-state index contributed by atoms with van der Waals surface area (Å²) >= 11 is 1.85. The predicted molar refractivity (Wildman–Crippen MR) is 128 cm³/mol. The van der Waals surface area contributed by atoms with Crippen LogP contribution in [0.1, 0.15) is 60.1 Å². The molecule has 1 aliphatic carbocycles. The Labute approximate surface area is 192 Å². The minimum atomic E-state index is 0.276. The predicted octanol–water partition coefficient (Wildman–Crippen LogP) is 3.63. The van der Waals surface area contributed by atoms with E-state index < -0.39 is 0 Å². The molecule has 4 N–H and O–H groups in total. The van der Waals surface area contributed by atoms with E-state index in [-0.39, 0.29) is 5.82 Å². The van der Waals surface area contributed by atoms with Crippen molar-refractivity contribution >= 4 is 33.2 Å². The Morgan fingerprint density at radius 2 is 2.12 bits per heavy atom. The van der Waals surface area contributed by atoms with Crippen LogP contribution < -0.4 is 11.1 Å². The van der Waals surface area contributed by atoms with Crippen LogP contribution in [0.3, 0.4) is 0 Å². The average molecular weight is 451 g/mol. The lowest BCUT2D eigenvalue weighted by Crippen LogP contribution is -2.33. The normalized spacial score (nSPS) is 17.0. The van der Waals surface area contributed by atoms with Crippen molar-refractivity contribution in [1.29, 1.82) is 5.26 Å². The van der Waals surface area contributed by atoms with Crippen molar-refractivity contribution in [2.45, 2.75) is 58.4 Å². The van der Waals surface area contributed by atoms with E-state index in [1.54, 1.807) is 0 Å². The summed E-state index contributed by atoms with van der Waals surface area (Å²) < 4.78 is 0. The molecule has 0 amide bonds. The molecule has 0 spiro atoms. The number of anilines is 2. The summed E-state index contributed by atoms with van der Waals surface area (Å²) in [6, 6.07) is 2.14. The van der Waals surface area contributed by atoms with Gasteiger partial charge in [0.15, 0.2) is 5.82 Å². The van der Waals surface area contributed by atoms with Gasteiger partial charge in [0.1, 0.15) is 28.1 Å². The number of H-pyrrole nitrogens is 1. The first-order chi connectivity index (χ1) is 15.6. The zero-order valence-electron chi connectivity index (χ0n) is 18.6. The maximum Gasteiger partial charge on any atom is 0.163 e. The highest BCUT2D eigenvalue weighted by atomic mass is 32.1. The first-order valence-corrected chi connectivity index (χ1v) is 12.4. The van der Waals surface area contributed by atoms with Crippen LogP contribution in [0.4, 0.5) is 11.6 Å². The Balaban J connectivity index is 1.32. The quantitative estimate of drug-likeness (QED) is 0.470. The van der Waals surface area contributed by atoms with Crippen LogP contribution in [-0.2, 0) is 25.8 Å². The fourth-order valence-electron chi connectivity index (χ4n) is 4.83. The van der Waals surface area contributed by atoms with Crippen molar-refractivity contribution in [3.05, 3.63) is 27.5 Å². The SMILES string of the molecule is CC1CCN(Cc2nc(NCCCc3[nH]nc(N)c3C#N)c3c4c(sc3n2)CCC4)CC1. The van der Waals surface area contributed by atoms with Crippen molar-refractivity contribution in [3.63, 3.8) is 0 Å². The van der Waals surface area contributed by atoms with E-state index in [4.69, 9.17) is 15.7 Å². The Kier molecular flexibility index (Phi) is 5.98. The number of nitrogens with one attached hydrogen (secondary N) is 2. The molecule has 3 aromatic heterocycles. The van der Waals surface area contributed by atoms with Crippen LogP contribution in [0, 0.1) is 17.2 Å². The molecule has 32 heavy (non-hydrogen) atoms. The zero-order valence-corrected chi connectivity index (χ0v) is 19.4. The number of piperidine rings is 1. The van der Waals surface area contributed by atoms with Crippen LogP contribution in [0.5, 0.6) is 0 Å². The standard InChI is InChI=1S/C23H30N8S/c1-14-7-10-31(11-8-14)13-19-27-22(20-15-4-2-6-18(15)32-23(20)28-19)26-9-3-5-17-16(12-24)21(25)30-29-17/h14H,2-11,13H2,1H3,(H3,25,29,30)(H,26,27,28). The van der Waals surface area contributed by atoms with Gasteiger partial charge in [-0.2, -0.15) is 10.4 Å². The second-order valence-electron chi connectivity index (χ2n) is 9.09. The average Bonchev–Trinajstić information content (AvgIpc) is 3.47. The lowest BCUT2D eigenvalue weighted by molar-refractivity contribution is 0.181. The molecule has 1 saturated heterocycles. The fraction of sp³-hybridized carbons (Fsp3) is 0.565. The number of aryl methyl sites for hydroxylation is 3. The van der Waals surface area contributed by atoms with Gasteiger partial charge in [0.25, 0.3) is 0 Å². The lowest BCUT2D eigenvalue weighted by Gasteiger charge is -2.29. The number of hydrogen-bond donors (Lipinski definition) is 3. The Hall–Kier alpha value is -2.70. The largest absolute Gasteiger partial charge is 0.381 e. The molecule has 1 aliphatic heterocycles. The molecule has 4 heterocycles. The van der Waals surface area contributed by atoms with Gasteiger partial charge in [-0.1, -0.05) is 6.92 Å². The summed E-state index contributed by atoms with van der Waals surface area (Å²) in [5, 5.41) is 20.9. The van der Waals surface area contributed by atoms with Crippen molar-refractivity contribution in [2.75, 3.05) is 30.7 Å². The maximum atomic E-state index is 9.26. The second-order valence-corrected chi connectivity index (χ2v) is 10.2. The number of hydrogen-bond acceptors (Lipinski definition) is 8. The molecule has 0 atom stereocenters. The van der Waals surface area contributed by atoms with Crippen LogP contribution >= 0.6 is 11.3 Å². The van der Waals surface area contributed by atoms with Crippen LogP contribution in [-0.4, -0.2) is 44.7 Å². The minimum Gasteiger partial charge on any atom is -0.381 e. The van der Waals surface area contributed by atoms with Crippen LogP contribution in [0.2, 0.25) is 0 Å². The number of aromatic amines is 1. The lowest BCUT2D eigenvalue weighted by atomic mass is 9.99. The Morgan fingerprint density at radius 1 is 1.28 bits per heavy atom. The summed E-state index contributed by atoms with van der Waals surface area (Å²) in [7, 11) is 0. The number of rotatable bonds is 7. The number of thiophene rings is 1. The summed E-state index contributed by atoms with van der Waals surface area (Å²) in [6.45, 7) is 6.17. The maximum absolute atomic E-state index is 9.26. The second kappa shape index (κ2) is 9.04. The third kappa shape index (κ3) is 4.17. The third-order valence-electron chi connectivity index (χ3n) is 6.73. The summed E-state index contributed by atoms with van der Waals surface area (Å²) in [5.41, 5.74) is 8.46. The first kappa shape index (κ1) is 21.2. The highest BCUT2D eigenvalue weighted by molar-refractivity contribution is 7.19. The van der Waals surface area contributed by atoms with Crippen molar-refractivity contribution in [1.82, 2.24) is 25.1 Å². The summed E-state index contributed by atoms with van der Waals surface area (Å²) in [6.07, 6.45) is 7.58. The van der Waals surface area contributed by atoms with Gasteiger partial charge in [-0.25, -0.2) is 9.97 Å². The summed E-state index contributed by atoms with van der Waals surface area (Å²) in [5.74, 6) is 2.99. The van der Waals surface area contributed by atoms with E-state index in [9.17, 15) is 5.26 Å². The molecule has 8 nitrogen and oxygen atoms in total. The monoisotopic (exact) mass is 450 g/mol. The molecule has 168 valence electrons. The molecular weight excluding hydrogens is 420 g/mol. The Morgan fingerprint density at radius 3 is 2.94 bits per heavy atom. The van der Waals surface area contributed by atoms with Gasteiger partial charge in [-0.05, 0) is 69.5 Å². The van der Waals surface area contributed by atoms with Gasteiger partial charge in [0.2, 0.25) is 0 Å². The smallest absolute Gasteiger partial charge is 0.163 e. The molecule has 0 bridgehead atoms. The van der Waals surface area contributed by atoms with Crippen LogP contribution in [0.25, 0.3) is 10.2 Å². The topological polar surface area (TPSA) is 120 Å². The number of nitriles is 1. The number of nitrogen functional groups attached to an aromatic ring is 1. The van der Waals surface area contributed by atoms with E-state index in [0.29, 0.717) is 5.56 Å². The van der Waals surface area contributed by atoms with Gasteiger partial charge in [-0.15, -0.1) is 11.3 Å².